The first-order valence-corrected chi connectivity index (χ1v) is 12.6. The zero-order chi connectivity index (χ0) is 26.5. The van der Waals surface area contributed by atoms with E-state index in [1.54, 1.807) is 36.5 Å². The fraction of sp³-hybridized carbons (Fsp3) is 0.222. The van der Waals surface area contributed by atoms with Crippen molar-refractivity contribution in [3.8, 4) is 0 Å². The molecule has 9 nitrogen and oxygen atoms in total. The highest BCUT2D eigenvalue weighted by molar-refractivity contribution is 7.09. The van der Waals surface area contributed by atoms with Gasteiger partial charge in [0.1, 0.15) is 10.9 Å². The van der Waals surface area contributed by atoms with E-state index in [1.807, 2.05) is 30.3 Å². The Kier molecular flexibility index (Phi) is 7.78. The predicted octanol–water partition coefficient (Wildman–Crippen LogP) is 3.92. The number of aromatic nitrogens is 2. The van der Waals surface area contributed by atoms with Crippen LogP contribution in [0.2, 0.25) is 0 Å². The van der Waals surface area contributed by atoms with Crippen molar-refractivity contribution >= 4 is 51.5 Å². The monoisotopic (exact) mass is 516 g/mol. The number of pyridine rings is 1. The van der Waals surface area contributed by atoms with Crippen LogP contribution >= 0.6 is 11.5 Å². The minimum Gasteiger partial charge on any atom is -0.395 e. The average Bonchev–Trinajstić information content (AvgIpc) is 3.28. The number of benzene rings is 2. The van der Waals surface area contributed by atoms with E-state index in [2.05, 4.69) is 28.5 Å². The molecule has 0 aliphatic rings. The lowest BCUT2D eigenvalue weighted by atomic mass is 10.00. The summed E-state index contributed by atoms with van der Waals surface area (Å²) in [5.41, 5.74) is 13.1. The van der Waals surface area contributed by atoms with Gasteiger partial charge in [0.15, 0.2) is 5.69 Å². The molecule has 0 aliphatic carbocycles. The smallest absolute Gasteiger partial charge is 0.273 e. The summed E-state index contributed by atoms with van der Waals surface area (Å²) in [4.78, 5) is 45.3. The summed E-state index contributed by atoms with van der Waals surface area (Å²) in [7, 11) is 0. The van der Waals surface area contributed by atoms with Crippen molar-refractivity contribution in [1.82, 2.24) is 14.7 Å². The van der Waals surface area contributed by atoms with Gasteiger partial charge < -0.3 is 16.8 Å². The van der Waals surface area contributed by atoms with E-state index < -0.39 is 17.9 Å². The Morgan fingerprint density at radius 1 is 1.05 bits per heavy atom. The highest BCUT2D eigenvalue weighted by Crippen LogP contribution is 2.34. The SMILES string of the molecule is CC(C)CCNC(=O)[C@@H](c1ccc2ncccc2c1)N(C(=O)c1snc(C(N)=O)c1N)c1ccccc1. The molecule has 0 radical (unpaired) electrons. The van der Waals surface area contributed by atoms with Crippen molar-refractivity contribution in [2.75, 3.05) is 17.2 Å². The average molecular weight is 517 g/mol. The summed E-state index contributed by atoms with van der Waals surface area (Å²) < 4.78 is 3.99. The fourth-order valence-electron chi connectivity index (χ4n) is 3.97. The number of anilines is 2. The standard InChI is InChI=1S/C27H28N6O3S/c1-16(2)12-14-31-26(35)23(18-10-11-20-17(15-18)7-6-13-30-20)33(19-8-4-3-5-9-19)27(36)24-21(28)22(25(29)34)32-37-24/h3-11,13,15-16,23H,12,14,28H2,1-2H3,(H2,29,34)(H,31,35)/t23-/m1/s1. The summed E-state index contributed by atoms with van der Waals surface area (Å²) in [5.74, 6) is -1.35. The van der Waals surface area contributed by atoms with Crippen LogP contribution in [-0.2, 0) is 4.79 Å². The minimum absolute atomic E-state index is 0.0279. The van der Waals surface area contributed by atoms with Gasteiger partial charge in [0.05, 0.1) is 11.2 Å². The molecule has 1 atom stereocenters. The number of carbonyl (C=O) groups is 3. The van der Waals surface area contributed by atoms with E-state index in [4.69, 9.17) is 11.5 Å². The van der Waals surface area contributed by atoms with Gasteiger partial charge in [-0.15, -0.1) is 0 Å². The number of hydrogen-bond acceptors (Lipinski definition) is 7. The number of hydrogen-bond donors (Lipinski definition) is 3. The second kappa shape index (κ2) is 11.2. The molecule has 4 aromatic rings. The molecule has 0 unspecified atom stereocenters. The van der Waals surface area contributed by atoms with Crippen LogP contribution < -0.4 is 21.7 Å². The Balaban J connectivity index is 1.86. The van der Waals surface area contributed by atoms with E-state index in [0.717, 1.165) is 28.9 Å². The number of carbonyl (C=O) groups excluding carboxylic acids is 3. The fourth-order valence-corrected chi connectivity index (χ4v) is 4.72. The zero-order valence-corrected chi connectivity index (χ0v) is 21.4. The minimum atomic E-state index is -1.04. The molecule has 10 heteroatoms. The largest absolute Gasteiger partial charge is 0.395 e. The molecule has 4 rings (SSSR count). The maximum Gasteiger partial charge on any atom is 0.273 e. The van der Waals surface area contributed by atoms with Gasteiger partial charge in [-0.05, 0) is 59.8 Å². The van der Waals surface area contributed by atoms with E-state index in [-0.39, 0.29) is 22.2 Å². The van der Waals surface area contributed by atoms with Crippen LogP contribution in [0.25, 0.3) is 10.9 Å². The third kappa shape index (κ3) is 5.59. The molecule has 0 fully saturated rings. The van der Waals surface area contributed by atoms with Gasteiger partial charge in [-0.1, -0.05) is 44.2 Å². The van der Waals surface area contributed by atoms with Crippen molar-refractivity contribution < 1.29 is 14.4 Å². The highest BCUT2D eigenvalue weighted by Gasteiger charge is 2.36. The molecule has 3 amide bonds. The van der Waals surface area contributed by atoms with Crippen LogP contribution in [0, 0.1) is 5.92 Å². The first-order chi connectivity index (χ1) is 17.8. The molecule has 0 aliphatic heterocycles. The number of nitrogen functional groups attached to an aromatic ring is 1. The Morgan fingerprint density at radius 3 is 2.49 bits per heavy atom. The normalized spacial score (nSPS) is 11.9. The summed E-state index contributed by atoms with van der Waals surface area (Å²) in [6.45, 7) is 4.60. The molecular formula is C27H28N6O3S. The summed E-state index contributed by atoms with van der Waals surface area (Å²) >= 11 is 0.775. The highest BCUT2D eigenvalue weighted by atomic mass is 32.1. The Morgan fingerprint density at radius 2 is 1.81 bits per heavy atom. The van der Waals surface area contributed by atoms with Crippen molar-refractivity contribution in [3.05, 3.63) is 83.0 Å². The summed E-state index contributed by atoms with van der Waals surface area (Å²) in [6, 6.07) is 17.0. The van der Waals surface area contributed by atoms with Gasteiger partial charge in [-0.25, -0.2) is 0 Å². The number of nitrogens with one attached hydrogen (secondary N) is 1. The third-order valence-corrected chi connectivity index (χ3v) is 6.73. The van der Waals surface area contributed by atoms with Gasteiger partial charge in [-0.2, -0.15) is 4.37 Å². The van der Waals surface area contributed by atoms with E-state index in [1.165, 1.54) is 4.90 Å². The van der Waals surface area contributed by atoms with Crippen LogP contribution in [0.4, 0.5) is 11.4 Å². The molecule has 2 aromatic carbocycles. The molecule has 0 bridgehead atoms. The third-order valence-electron chi connectivity index (χ3n) is 5.88. The van der Waals surface area contributed by atoms with Crippen molar-refractivity contribution in [2.24, 2.45) is 11.7 Å². The summed E-state index contributed by atoms with van der Waals surface area (Å²) in [6.07, 6.45) is 2.48. The van der Waals surface area contributed by atoms with E-state index in [9.17, 15) is 14.4 Å². The predicted molar refractivity (Wildman–Crippen MR) is 145 cm³/mol. The van der Waals surface area contributed by atoms with Crippen molar-refractivity contribution in [2.45, 2.75) is 26.3 Å². The van der Waals surface area contributed by atoms with Gasteiger partial charge in [0.25, 0.3) is 11.8 Å². The van der Waals surface area contributed by atoms with Crippen molar-refractivity contribution in [3.63, 3.8) is 0 Å². The van der Waals surface area contributed by atoms with Crippen LogP contribution in [-0.4, -0.2) is 33.6 Å². The number of nitrogens with zero attached hydrogens (tertiary/aromatic N) is 3. The first kappa shape index (κ1) is 25.8. The quantitative estimate of drug-likeness (QED) is 0.307. The lowest BCUT2D eigenvalue weighted by Crippen LogP contribution is -2.44. The topological polar surface area (TPSA) is 144 Å². The Hall–Kier alpha value is -4.31. The van der Waals surface area contributed by atoms with E-state index in [0.29, 0.717) is 23.7 Å². The molecule has 2 aromatic heterocycles. The number of amides is 3. The molecule has 0 saturated carbocycles. The molecule has 5 N–H and O–H groups in total. The van der Waals surface area contributed by atoms with Gasteiger partial charge >= 0.3 is 0 Å². The van der Waals surface area contributed by atoms with Gasteiger partial charge in [0.2, 0.25) is 5.91 Å². The van der Waals surface area contributed by atoms with Crippen LogP contribution in [0.1, 0.15) is 52.0 Å². The Bertz CT molecular complexity index is 1440. The number of nitrogens with two attached hydrogens (primary N) is 2. The maximum absolute atomic E-state index is 14.0. The number of fused-ring (bicyclic) bond motifs is 1. The number of primary amides is 1. The van der Waals surface area contributed by atoms with Crippen LogP contribution in [0.5, 0.6) is 0 Å². The van der Waals surface area contributed by atoms with Gasteiger partial charge in [-0.3, -0.25) is 24.3 Å². The zero-order valence-electron chi connectivity index (χ0n) is 20.5. The number of rotatable bonds is 9. The molecule has 2 heterocycles. The van der Waals surface area contributed by atoms with Crippen LogP contribution in [0.15, 0.2) is 66.9 Å². The molecule has 37 heavy (non-hydrogen) atoms. The van der Waals surface area contributed by atoms with E-state index >= 15 is 0 Å². The second-order valence-electron chi connectivity index (χ2n) is 8.98. The maximum atomic E-state index is 14.0. The molecule has 0 spiro atoms. The first-order valence-electron chi connectivity index (χ1n) is 11.8. The Labute approximate surface area is 218 Å². The lowest BCUT2D eigenvalue weighted by Gasteiger charge is -2.31. The second-order valence-corrected chi connectivity index (χ2v) is 9.75. The molecular weight excluding hydrogens is 488 g/mol. The number of para-hydroxylation sites is 1. The lowest BCUT2D eigenvalue weighted by molar-refractivity contribution is -0.122. The van der Waals surface area contributed by atoms with Crippen molar-refractivity contribution in [1.29, 1.82) is 0 Å². The molecule has 190 valence electrons. The summed E-state index contributed by atoms with van der Waals surface area (Å²) in [5, 5.41) is 3.82. The van der Waals surface area contributed by atoms with Gasteiger partial charge in [0, 0.05) is 23.8 Å². The molecule has 0 saturated heterocycles. The van der Waals surface area contributed by atoms with Crippen LogP contribution in [0.3, 0.4) is 0 Å².